The highest BCUT2D eigenvalue weighted by molar-refractivity contribution is 5.92. The van der Waals surface area contributed by atoms with E-state index < -0.39 is 5.60 Å². The molecule has 0 bridgehead atoms. The lowest BCUT2D eigenvalue weighted by Crippen LogP contribution is -2.56. The molecule has 6 heteroatoms. The van der Waals surface area contributed by atoms with Gasteiger partial charge in [-0.1, -0.05) is 31.0 Å². The van der Waals surface area contributed by atoms with Crippen LogP contribution < -0.4 is 14.2 Å². The smallest absolute Gasteiger partial charge is 0.247 e. The predicted molar refractivity (Wildman–Crippen MR) is 121 cm³/mol. The zero-order valence-corrected chi connectivity index (χ0v) is 18.3. The van der Waals surface area contributed by atoms with E-state index in [4.69, 9.17) is 14.2 Å². The van der Waals surface area contributed by atoms with Crippen LogP contribution in [0.2, 0.25) is 0 Å². The molecule has 2 heterocycles. The summed E-state index contributed by atoms with van der Waals surface area (Å²) in [5, 5.41) is 11.4. The van der Waals surface area contributed by atoms with Crippen LogP contribution in [0.4, 0.5) is 0 Å². The molecule has 0 aromatic heterocycles. The molecule has 3 atom stereocenters. The quantitative estimate of drug-likeness (QED) is 0.724. The van der Waals surface area contributed by atoms with Crippen LogP contribution in [-0.4, -0.2) is 42.0 Å². The second-order valence-electron chi connectivity index (χ2n) is 8.90. The Morgan fingerprint density at radius 1 is 1.12 bits per heavy atom. The summed E-state index contributed by atoms with van der Waals surface area (Å²) in [6.07, 6.45) is 7.91. The zero-order valence-electron chi connectivity index (χ0n) is 18.3. The number of amides is 1. The monoisotopic (exact) mass is 435 g/mol. The van der Waals surface area contributed by atoms with E-state index >= 15 is 0 Å². The van der Waals surface area contributed by atoms with Crippen LogP contribution in [0.3, 0.4) is 0 Å². The van der Waals surface area contributed by atoms with E-state index in [2.05, 4.69) is 0 Å². The minimum Gasteiger partial charge on any atom is -0.497 e. The molecule has 2 aromatic carbocycles. The van der Waals surface area contributed by atoms with Gasteiger partial charge in [-0.15, -0.1) is 0 Å². The van der Waals surface area contributed by atoms with Gasteiger partial charge in [-0.05, 0) is 60.7 Å². The van der Waals surface area contributed by atoms with Crippen LogP contribution in [0.15, 0.2) is 48.5 Å². The van der Waals surface area contributed by atoms with Crippen LogP contribution in [0.5, 0.6) is 17.2 Å². The van der Waals surface area contributed by atoms with Gasteiger partial charge in [-0.2, -0.15) is 0 Å². The van der Waals surface area contributed by atoms with Crippen LogP contribution in [0.1, 0.15) is 49.3 Å². The largest absolute Gasteiger partial charge is 0.497 e. The third-order valence-corrected chi connectivity index (χ3v) is 7.12. The summed E-state index contributed by atoms with van der Waals surface area (Å²) in [4.78, 5) is 15.3. The van der Waals surface area contributed by atoms with E-state index in [-0.39, 0.29) is 24.7 Å². The molecule has 1 saturated heterocycles. The van der Waals surface area contributed by atoms with E-state index in [1.165, 1.54) is 0 Å². The van der Waals surface area contributed by atoms with Crippen molar-refractivity contribution in [2.75, 3.05) is 20.4 Å². The molecule has 3 aliphatic rings. The molecule has 1 N–H and O–H groups in total. The molecule has 3 unspecified atom stereocenters. The van der Waals surface area contributed by atoms with Gasteiger partial charge in [0.1, 0.15) is 5.75 Å². The number of ether oxygens (including phenoxy) is 3. The number of carbonyl (C=O) groups is 1. The van der Waals surface area contributed by atoms with Crippen molar-refractivity contribution in [1.29, 1.82) is 0 Å². The van der Waals surface area contributed by atoms with Crippen LogP contribution in [0, 0.1) is 5.92 Å². The maximum absolute atomic E-state index is 13.4. The average Bonchev–Trinajstić information content (AvgIpc) is 3.29. The van der Waals surface area contributed by atoms with Gasteiger partial charge in [0.25, 0.3) is 0 Å². The first-order valence-electron chi connectivity index (χ1n) is 11.3. The number of methoxy groups -OCH3 is 1. The minimum absolute atomic E-state index is 0.0290. The average molecular weight is 436 g/mol. The van der Waals surface area contributed by atoms with Crippen LogP contribution in [0.25, 0.3) is 6.08 Å². The van der Waals surface area contributed by atoms with Crippen molar-refractivity contribution in [3.05, 3.63) is 59.7 Å². The summed E-state index contributed by atoms with van der Waals surface area (Å²) in [7, 11) is 1.65. The Labute approximate surface area is 188 Å². The van der Waals surface area contributed by atoms with E-state index in [0.29, 0.717) is 18.7 Å². The van der Waals surface area contributed by atoms with Crippen molar-refractivity contribution < 1.29 is 24.1 Å². The zero-order chi connectivity index (χ0) is 22.1. The lowest BCUT2D eigenvalue weighted by molar-refractivity contribution is -0.150. The Kier molecular flexibility index (Phi) is 5.55. The van der Waals surface area contributed by atoms with Crippen molar-refractivity contribution >= 4 is 12.0 Å². The van der Waals surface area contributed by atoms with Gasteiger partial charge in [0.05, 0.1) is 18.8 Å². The number of piperidine rings is 1. The molecule has 2 aromatic rings. The summed E-state index contributed by atoms with van der Waals surface area (Å²) < 4.78 is 16.1. The fraction of sp³-hybridized carbons (Fsp3) is 0.423. The van der Waals surface area contributed by atoms with Gasteiger partial charge in [-0.25, -0.2) is 0 Å². The highest BCUT2D eigenvalue weighted by Crippen LogP contribution is 2.49. The van der Waals surface area contributed by atoms with Gasteiger partial charge >= 0.3 is 0 Å². The van der Waals surface area contributed by atoms with E-state index in [1.54, 1.807) is 13.2 Å². The molecule has 1 amide bonds. The van der Waals surface area contributed by atoms with Gasteiger partial charge in [0, 0.05) is 18.5 Å². The van der Waals surface area contributed by atoms with E-state index in [1.807, 2.05) is 53.4 Å². The van der Waals surface area contributed by atoms with E-state index in [0.717, 1.165) is 48.3 Å². The number of hydrogen-bond donors (Lipinski definition) is 1. The van der Waals surface area contributed by atoms with Gasteiger partial charge in [0.15, 0.2) is 11.5 Å². The normalized spacial score (nSPS) is 26.8. The molecular weight excluding hydrogens is 406 g/mol. The molecule has 32 heavy (non-hydrogen) atoms. The molecule has 5 rings (SSSR count). The molecule has 2 aliphatic heterocycles. The lowest BCUT2D eigenvalue weighted by Gasteiger charge is -2.52. The first-order valence-corrected chi connectivity index (χ1v) is 11.3. The summed E-state index contributed by atoms with van der Waals surface area (Å²) in [5.74, 6) is 2.18. The predicted octanol–water partition coefficient (Wildman–Crippen LogP) is 4.33. The summed E-state index contributed by atoms with van der Waals surface area (Å²) >= 11 is 0. The van der Waals surface area contributed by atoms with Crippen LogP contribution in [-0.2, 0) is 4.79 Å². The van der Waals surface area contributed by atoms with Gasteiger partial charge in [-0.3, -0.25) is 4.79 Å². The molecule has 2 fully saturated rings. The molecular formula is C26H29NO5. The van der Waals surface area contributed by atoms with Crippen molar-refractivity contribution in [2.45, 2.75) is 43.7 Å². The highest BCUT2D eigenvalue weighted by atomic mass is 16.7. The molecule has 1 saturated carbocycles. The lowest BCUT2D eigenvalue weighted by atomic mass is 9.66. The molecule has 1 aliphatic carbocycles. The molecule has 168 valence electrons. The fourth-order valence-electron chi connectivity index (χ4n) is 5.42. The highest BCUT2D eigenvalue weighted by Gasteiger charge is 2.49. The van der Waals surface area contributed by atoms with Gasteiger partial charge < -0.3 is 24.2 Å². The second-order valence-corrected chi connectivity index (χ2v) is 8.90. The van der Waals surface area contributed by atoms with Crippen LogP contribution >= 0.6 is 0 Å². The van der Waals surface area contributed by atoms with Gasteiger partial charge in [0.2, 0.25) is 12.7 Å². The fourth-order valence-corrected chi connectivity index (χ4v) is 5.42. The van der Waals surface area contributed by atoms with Crippen molar-refractivity contribution in [3.8, 4) is 17.2 Å². The van der Waals surface area contributed by atoms with E-state index in [9.17, 15) is 9.90 Å². The summed E-state index contributed by atoms with van der Waals surface area (Å²) in [6.45, 7) is 0.761. The number of benzene rings is 2. The topological polar surface area (TPSA) is 68.2 Å². The third-order valence-electron chi connectivity index (χ3n) is 7.12. The number of fused-ring (bicyclic) bond motifs is 2. The standard InChI is InChI=1S/C26H29NO5/c1-30-20-9-7-19(8-10-20)25-21-4-2-3-13-26(21,29)14-15-27(25)24(28)12-6-18-5-11-22-23(16-18)32-17-31-22/h5-12,16,21,25,29H,2-4,13-15,17H2,1H3. The molecule has 0 spiro atoms. The molecule has 0 radical (unpaired) electrons. The second kappa shape index (κ2) is 8.51. The number of hydrogen-bond acceptors (Lipinski definition) is 5. The number of likely N-dealkylation sites (tertiary alicyclic amines) is 1. The SMILES string of the molecule is COc1ccc(C2C3CCCCC3(O)CCN2C(=O)C=Cc2ccc3c(c2)OCO3)cc1. The summed E-state index contributed by atoms with van der Waals surface area (Å²) in [6, 6.07) is 13.4. The summed E-state index contributed by atoms with van der Waals surface area (Å²) in [5.41, 5.74) is 1.22. The minimum atomic E-state index is -0.708. The number of aliphatic hydroxyl groups is 1. The van der Waals surface area contributed by atoms with Crippen molar-refractivity contribution in [2.24, 2.45) is 5.92 Å². The molecule has 6 nitrogen and oxygen atoms in total. The Hall–Kier alpha value is -2.99. The first kappa shape index (κ1) is 20.9. The Bertz CT molecular complexity index is 1020. The maximum Gasteiger partial charge on any atom is 0.247 e. The first-order chi connectivity index (χ1) is 15.6. The maximum atomic E-state index is 13.4. The Morgan fingerprint density at radius 2 is 1.94 bits per heavy atom. The number of rotatable bonds is 4. The Balaban J connectivity index is 1.43. The van der Waals surface area contributed by atoms with Crippen molar-refractivity contribution in [1.82, 2.24) is 4.90 Å². The number of nitrogens with zero attached hydrogens (tertiary/aromatic N) is 1. The Morgan fingerprint density at radius 3 is 2.75 bits per heavy atom. The third kappa shape index (κ3) is 3.84. The van der Waals surface area contributed by atoms with Crippen molar-refractivity contribution in [3.63, 3.8) is 0 Å². The number of carbonyl (C=O) groups excluding carboxylic acids is 1.